The number of nitrogens with two attached hydrogens (primary N) is 1. The van der Waals surface area contributed by atoms with Crippen LogP contribution in [0.3, 0.4) is 0 Å². The van der Waals surface area contributed by atoms with E-state index >= 15 is 0 Å². The summed E-state index contributed by atoms with van der Waals surface area (Å²) in [7, 11) is 4.49. The van der Waals surface area contributed by atoms with E-state index in [0.29, 0.717) is 0 Å². The Balaban J connectivity index is 0.000000606. The summed E-state index contributed by atoms with van der Waals surface area (Å²) in [6.45, 7) is 0. The first-order chi connectivity index (χ1) is 7.88. The molecule has 0 fully saturated rings. The van der Waals surface area contributed by atoms with E-state index in [1.807, 2.05) is 36.4 Å². The van der Waals surface area contributed by atoms with Gasteiger partial charge in [0.15, 0.2) is 0 Å². The zero-order valence-corrected chi connectivity index (χ0v) is 10.9. The molecule has 0 spiro atoms. The van der Waals surface area contributed by atoms with Crippen molar-refractivity contribution in [2.75, 3.05) is 0 Å². The summed E-state index contributed by atoms with van der Waals surface area (Å²) < 4.78 is 0. The van der Waals surface area contributed by atoms with E-state index in [-0.39, 0.29) is 6.04 Å². The Morgan fingerprint density at radius 3 is 1.38 bits per heavy atom. The van der Waals surface area contributed by atoms with Crippen LogP contribution in [0, 0.1) is 0 Å². The Morgan fingerprint density at radius 1 is 0.750 bits per heavy atom. The minimum atomic E-state index is -0.0163. The second-order valence-corrected chi connectivity index (χ2v) is 3.30. The normalized spacial score (nSPS) is 9.56. The van der Waals surface area contributed by atoms with E-state index in [4.69, 9.17) is 5.73 Å². The molecule has 1 nitrogen and oxygen atoms in total. The predicted molar refractivity (Wildman–Crippen MR) is 64.8 cm³/mol. The van der Waals surface area contributed by atoms with Crippen molar-refractivity contribution in [2.24, 2.45) is 5.73 Å². The maximum absolute atomic E-state index is 6.12. The molecule has 3 heteroatoms. The van der Waals surface area contributed by atoms with E-state index < -0.39 is 0 Å². The first-order valence-corrected chi connectivity index (χ1v) is 6.85. The van der Waals surface area contributed by atoms with Crippen molar-refractivity contribution in [1.29, 1.82) is 0 Å². The molecule has 0 amide bonds. The van der Waals surface area contributed by atoms with Gasteiger partial charge in [-0.25, -0.2) is 0 Å². The van der Waals surface area contributed by atoms with Crippen molar-refractivity contribution < 1.29 is 18.2 Å². The number of benzene rings is 2. The summed E-state index contributed by atoms with van der Waals surface area (Å²) >= 11 is 2.22. The molecule has 0 aliphatic carbocycles. The quantitative estimate of drug-likeness (QED) is 0.842. The summed E-state index contributed by atoms with van der Waals surface area (Å²) in [4.78, 5) is 0. The van der Waals surface area contributed by atoms with Gasteiger partial charge < -0.3 is 5.73 Å². The van der Waals surface area contributed by atoms with Crippen LogP contribution in [0.1, 0.15) is 17.2 Å². The number of hydrogen-bond donors (Lipinski definition) is 1. The van der Waals surface area contributed by atoms with Gasteiger partial charge in [-0.05, 0) is 11.1 Å². The molecule has 0 radical (unpaired) electrons. The summed E-state index contributed by atoms with van der Waals surface area (Å²) in [6.07, 6.45) is 0. The van der Waals surface area contributed by atoms with Gasteiger partial charge in [0.2, 0.25) is 0 Å². The Bertz CT molecular complexity index is 352. The van der Waals surface area contributed by atoms with Gasteiger partial charge in [-0.2, -0.15) is 0 Å². The molecule has 2 N–H and O–H groups in total. The minimum absolute atomic E-state index is 0.0163. The first kappa shape index (κ1) is 13.4. The fourth-order valence-corrected chi connectivity index (χ4v) is 1.51. The van der Waals surface area contributed by atoms with Crippen molar-refractivity contribution in [2.45, 2.75) is 6.04 Å². The van der Waals surface area contributed by atoms with Crippen molar-refractivity contribution >= 4 is 9.53 Å². The molecule has 0 saturated carbocycles. The second kappa shape index (κ2) is 7.60. The number of halogens is 1. The monoisotopic (exact) mass is 324 g/mol. The third kappa shape index (κ3) is 3.74. The fraction of sp³-hybridized carbons (Fsp3) is 0.0769. The van der Waals surface area contributed by atoms with Crippen LogP contribution in [-0.4, -0.2) is 0 Å². The molecular weight excluding hydrogens is 312 g/mol. The van der Waals surface area contributed by atoms with Gasteiger partial charge in [0, 0.05) is 0 Å². The van der Waals surface area contributed by atoms with Crippen LogP contribution in [0.5, 0.6) is 0 Å². The summed E-state index contributed by atoms with van der Waals surface area (Å²) in [5.74, 6) is 0. The summed E-state index contributed by atoms with van der Waals surface area (Å²) in [6, 6.07) is 20.2. The van der Waals surface area contributed by atoms with Crippen LogP contribution in [0.4, 0.5) is 0 Å². The second-order valence-electron chi connectivity index (χ2n) is 3.30. The SMILES string of the molecule is NC(c1ccccc1)c1ccccc1.[Cl][Pd]. The van der Waals surface area contributed by atoms with Crippen molar-refractivity contribution in [3.8, 4) is 0 Å². The standard InChI is InChI=1S/C13H13N.ClH.Pd/c14-13(11-7-3-1-4-8-11)12-9-5-2-6-10-12;;/h1-10,13H,14H2;1H;/q;;+1/p-1. The van der Waals surface area contributed by atoms with Gasteiger partial charge in [-0.3, -0.25) is 0 Å². The zero-order valence-electron chi connectivity index (χ0n) is 8.62. The van der Waals surface area contributed by atoms with Crippen LogP contribution >= 0.6 is 9.53 Å². The van der Waals surface area contributed by atoms with E-state index in [1.54, 1.807) is 0 Å². The van der Waals surface area contributed by atoms with E-state index in [0.717, 1.165) is 11.1 Å². The average Bonchev–Trinajstić information content (AvgIpc) is 2.42. The molecule has 0 aliphatic heterocycles. The fourth-order valence-electron chi connectivity index (χ4n) is 1.51. The number of rotatable bonds is 2. The molecule has 0 bridgehead atoms. The van der Waals surface area contributed by atoms with Crippen LogP contribution in [0.15, 0.2) is 60.7 Å². The van der Waals surface area contributed by atoms with Gasteiger partial charge in [0.05, 0.1) is 6.04 Å². The Kier molecular flexibility index (Phi) is 6.37. The Hall–Kier alpha value is -0.648. The van der Waals surface area contributed by atoms with Gasteiger partial charge in [-0.15, -0.1) is 0 Å². The molecule has 2 aromatic rings. The molecule has 0 atom stereocenters. The molecule has 0 aliphatic rings. The third-order valence-corrected chi connectivity index (χ3v) is 2.32. The molecule has 87 valence electrons. The molecule has 0 heterocycles. The molecule has 2 aromatic carbocycles. The van der Waals surface area contributed by atoms with Gasteiger partial charge in [0.25, 0.3) is 0 Å². The van der Waals surface area contributed by atoms with Gasteiger partial charge in [0.1, 0.15) is 0 Å². The van der Waals surface area contributed by atoms with Crippen LogP contribution < -0.4 is 5.73 Å². The topological polar surface area (TPSA) is 26.0 Å². The zero-order chi connectivity index (χ0) is 11.8. The molecule has 0 aromatic heterocycles. The predicted octanol–water partition coefficient (Wildman–Crippen LogP) is 3.42. The van der Waals surface area contributed by atoms with Crippen LogP contribution in [0.2, 0.25) is 0 Å². The average molecular weight is 325 g/mol. The van der Waals surface area contributed by atoms with E-state index in [9.17, 15) is 0 Å². The van der Waals surface area contributed by atoms with Gasteiger partial charge >= 0.3 is 27.7 Å². The van der Waals surface area contributed by atoms with E-state index in [1.165, 1.54) is 0 Å². The van der Waals surface area contributed by atoms with Gasteiger partial charge in [-0.1, -0.05) is 60.7 Å². The van der Waals surface area contributed by atoms with Crippen molar-refractivity contribution in [1.82, 2.24) is 0 Å². The molecule has 2 rings (SSSR count). The third-order valence-electron chi connectivity index (χ3n) is 2.32. The maximum atomic E-state index is 6.12. The molecule has 0 saturated heterocycles. The molecule has 0 unspecified atom stereocenters. The number of hydrogen-bond acceptors (Lipinski definition) is 1. The van der Waals surface area contributed by atoms with Crippen LogP contribution in [0.25, 0.3) is 0 Å². The van der Waals surface area contributed by atoms with Crippen LogP contribution in [-0.2, 0) is 18.2 Å². The first-order valence-electron chi connectivity index (χ1n) is 4.85. The summed E-state index contributed by atoms with van der Waals surface area (Å²) in [5, 5.41) is 0. The van der Waals surface area contributed by atoms with Crippen molar-refractivity contribution in [3.05, 3.63) is 71.8 Å². The molecular formula is C13H13ClNPd. The molecule has 16 heavy (non-hydrogen) atoms. The Morgan fingerprint density at radius 2 is 1.06 bits per heavy atom. The van der Waals surface area contributed by atoms with E-state index in [2.05, 4.69) is 52.0 Å². The van der Waals surface area contributed by atoms with Crippen molar-refractivity contribution in [3.63, 3.8) is 0 Å². The Labute approximate surface area is 111 Å². The summed E-state index contributed by atoms with van der Waals surface area (Å²) in [5.41, 5.74) is 8.42.